The van der Waals surface area contributed by atoms with Gasteiger partial charge < -0.3 is 0 Å². The molecule has 0 spiro atoms. The van der Waals surface area contributed by atoms with Gasteiger partial charge in [-0.2, -0.15) is 4.83 Å². The summed E-state index contributed by atoms with van der Waals surface area (Å²) in [4.78, 5) is 1.83. The lowest BCUT2D eigenvalue weighted by atomic mass is 10.1. The minimum atomic E-state index is -3.19. The molecule has 0 amide bonds. The molecule has 3 N–H and O–H groups in total. The van der Waals surface area contributed by atoms with Crippen molar-refractivity contribution in [2.75, 3.05) is 5.75 Å². The number of nitrogens with two attached hydrogens (primary N) is 1. The van der Waals surface area contributed by atoms with Crippen LogP contribution in [0.2, 0.25) is 0 Å². The molecule has 0 aromatic rings. The third-order valence-electron chi connectivity index (χ3n) is 2.45. The number of unbranched alkanes of at least 4 members (excludes halogenated alkanes) is 7. The molecule has 0 radical (unpaired) electrons. The second-order valence-electron chi connectivity index (χ2n) is 3.91. The van der Waals surface area contributed by atoms with Gasteiger partial charge in [-0.1, -0.05) is 51.9 Å². The van der Waals surface area contributed by atoms with Crippen LogP contribution in [-0.2, 0) is 10.0 Å². The predicted molar refractivity (Wildman–Crippen MR) is 63.7 cm³/mol. The van der Waals surface area contributed by atoms with Crippen LogP contribution in [0.15, 0.2) is 0 Å². The molecule has 15 heavy (non-hydrogen) atoms. The molecule has 4 nitrogen and oxygen atoms in total. The van der Waals surface area contributed by atoms with Gasteiger partial charge in [-0.15, -0.1) is 0 Å². The summed E-state index contributed by atoms with van der Waals surface area (Å²) < 4.78 is 21.9. The van der Waals surface area contributed by atoms with E-state index in [1.165, 1.54) is 32.1 Å². The van der Waals surface area contributed by atoms with Crippen molar-refractivity contribution in [2.24, 2.45) is 5.84 Å². The van der Waals surface area contributed by atoms with E-state index in [1.807, 2.05) is 4.83 Å². The molecule has 92 valence electrons. The number of hydrazine groups is 1. The SMILES string of the molecule is CCCCCCCCCCS(=O)(=O)NN. The van der Waals surface area contributed by atoms with Crippen LogP contribution in [0.4, 0.5) is 0 Å². The normalized spacial score (nSPS) is 11.9. The highest BCUT2D eigenvalue weighted by atomic mass is 32.2. The average molecular weight is 236 g/mol. The standard InChI is InChI=1S/C10H24N2O2S/c1-2-3-4-5-6-7-8-9-10-15(13,14)12-11/h12H,2-11H2,1H3. The predicted octanol–water partition coefficient (Wildman–Crippen LogP) is 1.92. The van der Waals surface area contributed by atoms with E-state index in [-0.39, 0.29) is 5.75 Å². The molecule has 0 aliphatic carbocycles. The van der Waals surface area contributed by atoms with Crippen molar-refractivity contribution >= 4 is 10.0 Å². The Morgan fingerprint density at radius 1 is 0.933 bits per heavy atom. The van der Waals surface area contributed by atoms with Crippen LogP contribution in [0, 0.1) is 0 Å². The molecular formula is C10H24N2O2S. The van der Waals surface area contributed by atoms with Gasteiger partial charge in [-0.25, -0.2) is 8.42 Å². The van der Waals surface area contributed by atoms with Crippen molar-refractivity contribution in [3.05, 3.63) is 0 Å². The van der Waals surface area contributed by atoms with Crippen molar-refractivity contribution in [1.82, 2.24) is 4.83 Å². The molecule has 0 aromatic heterocycles. The van der Waals surface area contributed by atoms with E-state index in [2.05, 4.69) is 6.92 Å². The summed E-state index contributed by atoms with van der Waals surface area (Å²) in [6, 6.07) is 0. The smallest absolute Gasteiger partial charge is 0.224 e. The first-order valence-electron chi connectivity index (χ1n) is 5.82. The fourth-order valence-corrected chi connectivity index (χ4v) is 2.19. The van der Waals surface area contributed by atoms with Crippen molar-refractivity contribution in [3.8, 4) is 0 Å². The summed E-state index contributed by atoms with van der Waals surface area (Å²) in [5.41, 5.74) is 0. The van der Waals surface area contributed by atoms with Crippen LogP contribution < -0.4 is 10.7 Å². The fourth-order valence-electron chi connectivity index (χ4n) is 1.48. The highest BCUT2D eigenvalue weighted by molar-refractivity contribution is 7.89. The molecule has 5 heteroatoms. The lowest BCUT2D eigenvalue weighted by molar-refractivity contribution is 0.566. The van der Waals surface area contributed by atoms with Crippen LogP contribution >= 0.6 is 0 Å². The van der Waals surface area contributed by atoms with Gasteiger partial charge in [0.25, 0.3) is 0 Å². The van der Waals surface area contributed by atoms with E-state index in [0.29, 0.717) is 6.42 Å². The first-order valence-corrected chi connectivity index (χ1v) is 7.47. The summed E-state index contributed by atoms with van der Waals surface area (Å²) in [6.45, 7) is 2.20. The van der Waals surface area contributed by atoms with Crippen LogP contribution in [0.5, 0.6) is 0 Å². The molecular weight excluding hydrogens is 212 g/mol. The van der Waals surface area contributed by atoms with E-state index in [9.17, 15) is 8.42 Å². The van der Waals surface area contributed by atoms with E-state index < -0.39 is 10.0 Å². The van der Waals surface area contributed by atoms with Crippen LogP contribution in [0.3, 0.4) is 0 Å². The summed E-state index contributed by atoms with van der Waals surface area (Å²) in [5, 5.41) is 0. The fraction of sp³-hybridized carbons (Fsp3) is 1.00. The monoisotopic (exact) mass is 236 g/mol. The Labute approximate surface area is 93.6 Å². The van der Waals surface area contributed by atoms with E-state index >= 15 is 0 Å². The van der Waals surface area contributed by atoms with Crippen molar-refractivity contribution in [1.29, 1.82) is 0 Å². The molecule has 0 bridgehead atoms. The lowest BCUT2D eigenvalue weighted by Gasteiger charge is -2.02. The first kappa shape index (κ1) is 14.9. The largest absolute Gasteiger partial charge is 0.258 e. The van der Waals surface area contributed by atoms with Gasteiger partial charge >= 0.3 is 0 Å². The van der Waals surface area contributed by atoms with Crippen LogP contribution in [0.25, 0.3) is 0 Å². The third-order valence-corrected chi connectivity index (χ3v) is 3.63. The zero-order valence-corrected chi connectivity index (χ0v) is 10.5. The van der Waals surface area contributed by atoms with Gasteiger partial charge in [0, 0.05) is 0 Å². The van der Waals surface area contributed by atoms with Crippen LogP contribution in [0.1, 0.15) is 58.3 Å². The zero-order valence-electron chi connectivity index (χ0n) is 9.67. The van der Waals surface area contributed by atoms with Crippen molar-refractivity contribution in [3.63, 3.8) is 0 Å². The Balaban J connectivity index is 3.19. The second kappa shape index (κ2) is 9.12. The van der Waals surface area contributed by atoms with Gasteiger partial charge in [-0.05, 0) is 6.42 Å². The summed E-state index contributed by atoms with van der Waals surface area (Å²) in [6.07, 6.45) is 9.19. The number of hydrogen-bond acceptors (Lipinski definition) is 3. The summed E-state index contributed by atoms with van der Waals surface area (Å²) in [7, 11) is -3.19. The third kappa shape index (κ3) is 10.2. The minimum absolute atomic E-state index is 0.151. The molecule has 0 saturated carbocycles. The van der Waals surface area contributed by atoms with Crippen molar-refractivity contribution < 1.29 is 8.42 Å². The first-order chi connectivity index (χ1) is 7.12. The summed E-state index contributed by atoms with van der Waals surface area (Å²) >= 11 is 0. The highest BCUT2D eigenvalue weighted by Gasteiger charge is 2.05. The Kier molecular flexibility index (Phi) is 9.04. The van der Waals surface area contributed by atoms with Gasteiger partial charge in [0.1, 0.15) is 0 Å². The molecule has 0 fully saturated rings. The molecule has 0 atom stereocenters. The quantitative estimate of drug-likeness (QED) is 0.346. The van der Waals surface area contributed by atoms with Gasteiger partial charge in [0.2, 0.25) is 10.0 Å². The average Bonchev–Trinajstić information content (AvgIpc) is 2.22. The molecule has 0 aromatic carbocycles. The maximum absolute atomic E-state index is 10.9. The topological polar surface area (TPSA) is 72.2 Å². The molecule has 0 aliphatic heterocycles. The Hall–Kier alpha value is -0.130. The maximum atomic E-state index is 10.9. The molecule has 0 aliphatic rings. The maximum Gasteiger partial charge on any atom is 0.224 e. The molecule has 0 saturated heterocycles. The number of rotatable bonds is 10. The lowest BCUT2D eigenvalue weighted by Crippen LogP contribution is -2.32. The van der Waals surface area contributed by atoms with Gasteiger partial charge in [-0.3, -0.25) is 5.84 Å². The number of sulfonamides is 1. The van der Waals surface area contributed by atoms with Crippen LogP contribution in [-0.4, -0.2) is 14.2 Å². The van der Waals surface area contributed by atoms with Gasteiger partial charge in [0.15, 0.2) is 0 Å². The van der Waals surface area contributed by atoms with E-state index in [1.54, 1.807) is 0 Å². The Morgan fingerprint density at radius 2 is 1.40 bits per heavy atom. The number of nitrogens with one attached hydrogen (secondary N) is 1. The van der Waals surface area contributed by atoms with E-state index in [4.69, 9.17) is 5.84 Å². The van der Waals surface area contributed by atoms with Crippen molar-refractivity contribution in [2.45, 2.75) is 58.3 Å². The minimum Gasteiger partial charge on any atom is -0.258 e. The number of hydrogen-bond donors (Lipinski definition) is 2. The highest BCUT2D eigenvalue weighted by Crippen LogP contribution is 2.08. The molecule has 0 heterocycles. The van der Waals surface area contributed by atoms with Gasteiger partial charge in [0.05, 0.1) is 5.75 Å². The summed E-state index contributed by atoms with van der Waals surface area (Å²) in [5.74, 6) is 5.02. The zero-order chi connectivity index (χ0) is 11.6. The Bertz CT molecular complexity index is 228. The Morgan fingerprint density at radius 3 is 1.87 bits per heavy atom. The van der Waals surface area contributed by atoms with E-state index in [0.717, 1.165) is 12.8 Å². The molecule has 0 rings (SSSR count). The molecule has 0 unspecified atom stereocenters. The second-order valence-corrected chi connectivity index (χ2v) is 5.79.